The van der Waals surface area contributed by atoms with Crippen molar-refractivity contribution in [2.24, 2.45) is 0 Å². The Bertz CT molecular complexity index is 496. The molecule has 2 unspecified atom stereocenters. The number of carbonyl (C=O) groups excluding carboxylic acids is 1. The largest absolute Gasteiger partial charge is 0.444 e. The number of hydrogen-bond donors (Lipinski definition) is 2. The van der Waals surface area contributed by atoms with Crippen molar-refractivity contribution in [3.8, 4) is 0 Å². The van der Waals surface area contributed by atoms with E-state index < -0.39 is 5.60 Å². The van der Waals surface area contributed by atoms with Crippen LogP contribution in [0.2, 0.25) is 0 Å². The number of amides is 1. The van der Waals surface area contributed by atoms with Crippen molar-refractivity contribution in [1.82, 2.24) is 5.32 Å². The number of halogens is 1. The number of rotatable bonds is 3. The van der Waals surface area contributed by atoms with E-state index in [1.165, 1.54) is 3.57 Å². The Labute approximate surface area is 146 Å². The molecule has 0 radical (unpaired) electrons. The smallest absolute Gasteiger partial charge is 0.407 e. The summed E-state index contributed by atoms with van der Waals surface area (Å²) < 4.78 is 6.57. The fourth-order valence-electron chi connectivity index (χ4n) is 2.71. The highest BCUT2D eigenvalue weighted by Gasteiger charge is 2.25. The van der Waals surface area contributed by atoms with E-state index in [2.05, 4.69) is 57.5 Å². The van der Waals surface area contributed by atoms with Crippen LogP contribution in [0, 0.1) is 3.57 Å². The first-order chi connectivity index (χ1) is 10.3. The van der Waals surface area contributed by atoms with E-state index in [0.29, 0.717) is 6.04 Å². The maximum atomic E-state index is 11.9. The molecular weight excluding hydrogens is 391 g/mol. The van der Waals surface area contributed by atoms with Crippen LogP contribution in [0.15, 0.2) is 24.3 Å². The van der Waals surface area contributed by atoms with Gasteiger partial charge in [-0.15, -0.1) is 0 Å². The fraction of sp³-hybridized carbons (Fsp3) is 0.588. The minimum absolute atomic E-state index is 0.185. The van der Waals surface area contributed by atoms with Gasteiger partial charge in [0.15, 0.2) is 0 Å². The monoisotopic (exact) mass is 416 g/mol. The molecule has 1 saturated carbocycles. The average molecular weight is 416 g/mol. The number of hydrogen-bond acceptors (Lipinski definition) is 3. The summed E-state index contributed by atoms with van der Waals surface area (Å²) >= 11 is 2.31. The number of nitrogens with one attached hydrogen (secondary N) is 2. The quantitative estimate of drug-likeness (QED) is 0.712. The highest BCUT2D eigenvalue weighted by Crippen LogP contribution is 2.23. The third-order valence-electron chi connectivity index (χ3n) is 3.61. The predicted molar refractivity (Wildman–Crippen MR) is 98.2 cm³/mol. The van der Waals surface area contributed by atoms with Crippen molar-refractivity contribution in [2.75, 3.05) is 5.32 Å². The highest BCUT2D eigenvalue weighted by atomic mass is 127. The zero-order chi connectivity index (χ0) is 16.2. The molecule has 0 aliphatic heterocycles. The van der Waals surface area contributed by atoms with E-state index in [-0.39, 0.29) is 12.1 Å². The van der Waals surface area contributed by atoms with Gasteiger partial charge in [-0.25, -0.2) is 4.79 Å². The van der Waals surface area contributed by atoms with E-state index >= 15 is 0 Å². The summed E-state index contributed by atoms with van der Waals surface area (Å²) in [7, 11) is 0. The van der Waals surface area contributed by atoms with E-state index in [9.17, 15) is 4.79 Å². The van der Waals surface area contributed by atoms with Crippen LogP contribution in [0.25, 0.3) is 0 Å². The van der Waals surface area contributed by atoms with Gasteiger partial charge in [0, 0.05) is 21.3 Å². The number of alkyl carbamates (subject to hydrolysis) is 1. The Kier molecular flexibility index (Phi) is 5.94. The standard InChI is InChI=1S/C17H25IN2O2/c1-17(2,3)22-16(21)20-15-6-4-5-14(11-15)19-13-9-7-12(18)8-10-13/h7-10,14-15,19H,4-6,11H2,1-3H3,(H,20,21). The summed E-state index contributed by atoms with van der Waals surface area (Å²) in [4.78, 5) is 11.9. The molecule has 5 heteroatoms. The van der Waals surface area contributed by atoms with Crippen LogP contribution in [0.5, 0.6) is 0 Å². The zero-order valence-corrected chi connectivity index (χ0v) is 15.6. The molecule has 122 valence electrons. The van der Waals surface area contributed by atoms with Crippen LogP contribution in [-0.2, 0) is 4.74 Å². The maximum absolute atomic E-state index is 11.9. The minimum Gasteiger partial charge on any atom is -0.444 e. The van der Waals surface area contributed by atoms with Gasteiger partial charge in [-0.1, -0.05) is 0 Å². The van der Waals surface area contributed by atoms with Crippen LogP contribution < -0.4 is 10.6 Å². The van der Waals surface area contributed by atoms with Gasteiger partial charge >= 0.3 is 6.09 Å². The molecule has 1 fully saturated rings. The molecule has 22 heavy (non-hydrogen) atoms. The molecule has 0 saturated heterocycles. The molecule has 1 amide bonds. The van der Waals surface area contributed by atoms with E-state index in [1.807, 2.05) is 20.8 Å². The molecule has 2 N–H and O–H groups in total. The third kappa shape index (κ3) is 6.02. The summed E-state index contributed by atoms with van der Waals surface area (Å²) in [5, 5.41) is 6.56. The molecule has 0 bridgehead atoms. The minimum atomic E-state index is -0.447. The van der Waals surface area contributed by atoms with Gasteiger partial charge in [0.05, 0.1) is 0 Å². The summed E-state index contributed by atoms with van der Waals surface area (Å²) in [6.07, 6.45) is 3.89. The molecule has 4 nitrogen and oxygen atoms in total. The van der Waals surface area contributed by atoms with Gasteiger partial charge in [0.2, 0.25) is 0 Å². The first kappa shape index (κ1) is 17.4. The molecule has 2 atom stereocenters. The molecule has 2 rings (SSSR count). The summed E-state index contributed by atoms with van der Waals surface area (Å²) in [5.74, 6) is 0. The lowest BCUT2D eigenvalue weighted by molar-refractivity contribution is 0.0492. The van der Waals surface area contributed by atoms with Crippen molar-refractivity contribution < 1.29 is 9.53 Å². The van der Waals surface area contributed by atoms with Crippen molar-refractivity contribution in [3.05, 3.63) is 27.8 Å². The number of carbonyl (C=O) groups is 1. The fourth-order valence-corrected chi connectivity index (χ4v) is 3.07. The second kappa shape index (κ2) is 7.53. The van der Waals surface area contributed by atoms with Gasteiger partial charge in [0.25, 0.3) is 0 Å². The Hall–Kier alpha value is -0.980. The number of benzene rings is 1. The SMILES string of the molecule is CC(C)(C)OC(=O)NC1CCCC(Nc2ccc(I)cc2)C1. The Balaban J connectivity index is 1.83. The summed E-state index contributed by atoms with van der Waals surface area (Å²) in [5.41, 5.74) is 0.695. The van der Waals surface area contributed by atoms with Crippen LogP contribution in [0.4, 0.5) is 10.5 Å². The van der Waals surface area contributed by atoms with Crippen molar-refractivity contribution in [1.29, 1.82) is 0 Å². The second-order valence-electron chi connectivity index (χ2n) is 6.86. The summed E-state index contributed by atoms with van der Waals surface area (Å²) in [6, 6.07) is 8.99. The van der Waals surface area contributed by atoms with E-state index in [4.69, 9.17) is 4.74 Å². The van der Waals surface area contributed by atoms with Crippen LogP contribution >= 0.6 is 22.6 Å². The Morgan fingerprint density at radius 1 is 1.18 bits per heavy atom. The lowest BCUT2D eigenvalue weighted by atomic mass is 9.91. The first-order valence-electron chi connectivity index (χ1n) is 7.83. The predicted octanol–water partition coefficient (Wildman–Crippen LogP) is 4.54. The first-order valence-corrected chi connectivity index (χ1v) is 8.91. The molecule has 1 aliphatic carbocycles. The van der Waals surface area contributed by atoms with Crippen molar-refractivity contribution >= 4 is 34.4 Å². The third-order valence-corrected chi connectivity index (χ3v) is 4.33. The van der Waals surface area contributed by atoms with Gasteiger partial charge in [0.1, 0.15) is 5.60 Å². The molecule has 1 aromatic rings. The molecular formula is C17H25IN2O2. The van der Waals surface area contributed by atoms with Gasteiger partial charge < -0.3 is 15.4 Å². The van der Waals surface area contributed by atoms with Crippen LogP contribution in [0.3, 0.4) is 0 Å². The van der Waals surface area contributed by atoms with E-state index in [1.54, 1.807) is 0 Å². The van der Waals surface area contributed by atoms with Gasteiger partial charge in [-0.2, -0.15) is 0 Å². The van der Waals surface area contributed by atoms with Crippen molar-refractivity contribution in [3.63, 3.8) is 0 Å². The van der Waals surface area contributed by atoms with Crippen LogP contribution in [0.1, 0.15) is 46.5 Å². The van der Waals surface area contributed by atoms with Gasteiger partial charge in [-0.05, 0) is 93.3 Å². The van der Waals surface area contributed by atoms with Crippen LogP contribution in [-0.4, -0.2) is 23.8 Å². The lowest BCUT2D eigenvalue weighted by Gasteiger charge is -2.31. The number of anilines is 1. The Morgan fingerprint density at radius 3 is 2.45 bits per heavy atom. The average Bonchev–Trinajstić information content (AvgIpc) is 2.39. The Morgan fingerprint density at radius 2 is 1.82 bits per heavy atom. The maximum Gasteiger partial charge on any atom is 0.407 e. The topological polar surface area (TPSA) is 50.4 Å². The molecule has 1 aliphatic rings. The lowest BCUT2D eigenvalue weighted by Crippen LogP contribution is -2.43. The normalized spacial score (nSPS) is 22.0. The highest BCUT2D eigenvalue weighted by molar-refractivity contribution is 14.1. The van der Waals surface area contributed by atoms with Gasteiger partial charge in [-0.3, -0.25) is 0 Å². The zero-order valence-electron chi connectivity index (χ0n) is 13.5. The molecule has 0 spiro atoms. The van der Waals surface area contributed by atoms with E-state index in [0.717, 1.165) is 31.4 Å². The molecule has 0 aromatic heterocycles. The molecule has 0 heterocycles. The second-order valence-corrected chi connectivity index (χ2v) is 8.10. The molecule has 1 aromatic carbocycles. The van der Waals surface area contributed by atoms with Crippen molar-refractivity contribution in [2.45, 2.75) is 64.1 Å². The summed E-state index contributed by atoms with van der Waals surface area (Å²) in [6.45, 7) is 5.65. The number of ether oxygens (including phenoxy) is 1.